The van der Waals surface area contributed by atoms with Gasteiger partial charge in [0.25, 0.3) is 0 Å². The van der Waals surface area contributed by atoms with Crippen LogP contribution < -0.4 is 0 Å². The molecule has 0 saturated heterocycles. The van der Waals surface area contributed by atoms with E-state index in [0.717, 1.165) is 0 Å². The Balaban J connectivity index is 2.59. The van der Waals surface area contributed by atoms with Gasteiger partial charge in [0, 0.05) is 0 Å². The minimum Gasteiger partial charge on any atom is -0.393 e. The van der Waals surface area contributed by atoms with E-state index in [4.69, 9.17) is 10.2 Å². The summed E-state index contributed by atoms with van der Waals surface area (Å²) in [5.74, 6) is -0.482. The Morgan fingerprint density at radius 3 is 2.90 bits per heavy atom. The van der Waals surface area contributed by atoms with Crippen LogP contribution in [0.5, 0.6) is 0 Å². The first kappa shape index (κ1) is 7.40. The molecular weight excluding hydrogens is 136 g/mol. The van der Waals surface area contributed by atoms with Crippen molar-refractivity contribution in [2.75, 3.05) is 6.61 Å². The second-order valence-corrected chi connectivity index (χ2v) is 1.97. The maximum atomic E-state index is 10.5. The standard InChI is InChI=1S/C6H8O4/c7-3-4-1-2-5(8)6(9)10-4/h1-2,4,6-7,9H,3H2/t4-,6?/m1/s1. The second-order valence-electron chi connectivity index (χ2n) is 1.97. The quantitative estimate of drug-likeness (QED) is 0.486. The number of rotatable bonds is 1. The Bertz CT molecular complexity index is 163. The third kappa shape index (κ3) is 1.41. The number of aliphatic hydroxyl groups excluding tert-OH is 2. The summed E-state index contributed by atoms with van der Waals surface area (Å²) < 4.78 is 4.62. The summed E-state index contributed by atoms with van der Waals surface area (Å²) in [6.07, 6.45) is 0.666. The fourth-order valence-corrected chi connectivity index (χ4v) is 0.666. The van der Waals surface area contributed by atoms with Gasteiger partial charge in [-0.15, -0.1) is 0 Å². The molecule has 0 aromatic carbocycles. The Kier molecular flexibility index (Phi) is 2.16. The van der Waals surface area contributed by atoms with Crippen molar-refractivity contribution in [3.8, 4) is 0 Å². The van der Waals surface area contributed by atoms with E-state index in [1.807, 2.05) is 0 Å². The van der Waals surface area contributed by atoms with Crippen LogP contribution in [0.1, 0.15) is 0 Å². The molecule has 4 heteroatoms. The van der Waals surface area contributed by atoms with Crippen LogP contribution in [0.3, 0.4) is 0 Å². The van der Waals surface area contributed by atoms with E-state index < -0.39 is 18.2 Å². The van der Waals surface area contributed by atoms with E-state index in [2.05, 4.69) is 4.74 Å². The smallest absolute Gasteiger partial charge is 0.220 e. The molecular formula is C6H8O4. The maximum absolute atomic E-state index is 10.5. The summed E-state index contributed by atoms with van der Waals surface area (Å²) in [6.45, 7) is -0.221. The first-order valence-electron chi connectivity index (χ1n) is 2.90. The molecule has 4 nitrogen and oxygen atoms in total. The largest absolute Gasteiger partial charge is 0.393 e. The molecule has 1 rings (SSSR count). The zero-order valence-corrected chi connectivity index (χ0v) is 5.23. The van der Waals surface area contributed by atoms with Crippen molar-refractivity contribution >= 4 is 5.78 Å². The van der Waals surface area contributed by atoms with Crippen LogP contribution in [-0.4, -0.2) is 35.0 Å². The first-order valence-corrected chi connectivity index (χ1v) is 2.90. The fraction of sp³-hybridized carbons (Fsp3) is 0.500. The monoisotopic (exact) mass is 144 g/mol. The van der Waals surface area contributed by atoms with Gasteiger partial charge >= 0.3 is 0 Å². The van der Waals surface area contributed by atoms with Crippen LogP contribution in [0.2, 0.25) is 0 Å². The number of aliphatic hydroxyl groups is 2. The minimum absolute atomic E-state index is 0.221. The molecule has 0 aliphatic carbocycles. The first-order chi connectivity index (χ1) is 4.74. The highest BCUT2D eigenvalue weighted by atomic mass is 16.6. The number of ketones is 1. The molecule has 2 N–H and O–H groups in total. The van der Waals surface area contributed by atoms with Crippen LogP contribution in [-0.2, 0) is 9.53 Å². The van der Waals surface area contributed by atoms with Gasteiger partial charge in [0.1, 0.15) is 6.10 Å². The van der Waals surface area contributed by atoms with Crippen LogP contribution in [0.15, 0.2) is 12.2 Å². The molecule has 1 aliphatic heterocycles. The van der Waals surface area contributed by atoms with Crippen LogP contribution in [0.4, 0.5) is 0 Å². The highest BCUT2D eigenvalue weighted by Gasteiger charge is 2.21. The molecule has 0 saturated carbocycles. The van der Waals surface area contributed by atoms with Gasteiger partial charge in [-0.1, -0.05) is 0 Å². The minimum atomic E-state index is -1.40. The zero-order chi connectivity index (χ0) is 7.56. The molecule has 2 atom stereocenters. The Hall–Kier alpha value is -0.710. The van der Waals surface area contributed by atoms with Crippen molar-refractivity contribution in [3.05, 3.63) is 12.2 Å². The van der Waals surface area contributed by atoms with Gasteiger partial charge in [0.15, 0.2) is 0 Å². The molecule has 0 spiro atoms. The third-order valence-electron chi connectivity index (χ3n) is 1.20. The number of hydrogen-bond donors (Lipinski definition) is 2. The van der Waals surface area contributed by atoms with Gasteiger partial charge in [-0.2, -0.15) is 0 Å². The molecule has 0 bridgehead atoms. The highest BCUT2D eigenvalue weighted by molar-refractivity contribution is 5.93. The molecule has 10 heavy (non-hydrogen) atoms. The average Bonchev–Trinajstić information content (AvgIpc) is 1.95. The molecule has 0 amide bonds. The predicted octanol–water partition coefficient (Wildman–Crippen LogP) is -1.18. The topological polar surface area (TPSA) is 66.8 Å². The zero-order valence-electron chi connectivity index (χ0n) is 5.23. The van der Waals surface area contributed by atoms with E-state index in [0.29, 0.717) is 0 Å². The van der Waals surface area contributed by atoms with E-state index in [1.54, 1.807) is 0 Å². The van der Waals surface area contributed by atoms with Crippen LogP contribution >= 0.6 is 0 Å². The van der Waals surface area contributed by atoms with Crippen molar-refractivity contribution in [1.82, 2.24) is 0 Å². The summed E-state index contributed by atoms with van der Waals surface area (Å²) in [4.78, 5) is 10.5. The van der Waals surface area contributed by atoms with E-state index in [-0.39, 0.29) is 6.61 Å². The van der Waals surface area contributed by atoms with Crippen molar-refractivity contribution in [2.45, 2.75) is 12.4 Å². The van der Waals surface area contributed by atoms with Gasteiger partial charge in [0.2, 0.25) is 12.1 Å². The van der Waals surface area contributed by atoms with Crippen LogP contribution in [0.25, 0.3) is 0 Å². The van der Waals surface area contributed by atoms with Crippen molar-refractivity contribution in [3.63, 3.8) is 0 Å². The number of hydrogen-bond acceptors (Lipinski definition) is 4. The SMILES string of the molecule is O=C1C=C[C@H](CO)OC1O. The summed E-state index contributed by atoms with van der Waals surface area (Å²) in [5, 5.41) is 17.2. The normalized spacial score (nSPS) is 32.8. The van der Waals surface area contributed by atoms with Crippen molar-refractivity contribution < 1.29 is 19.7 Å². The summed E-state index contributed by atoms with van der Waals surface area (Å²) in [6, 6.07) is 0. The predicted molar refractivity (Wildman–Crippen MR) is 32.1 cm³/mol. The van der Waals surface area contributed by atoms with Gasteiger partial charge in [-0.25, -0.2) is 0 Å². The van der Waals surface area contributed by atoms with Gasteiger partial charge in [-0.3, -0.25) is 4.79 Å². The van der Waals surface area contributed by atoms with Gasteiger partial charge in [0.05, 0.1) is 6.61 Å². The summed E-state index contributed by atoms with van der Waals surface area (Å²) in [5.41, 5.74) is 0. The Labute approximate surface area is 57.7 Å². The molecule has 0 aromatic rings. The lowest BCUT2D eigenvalue weighted by Crippen LogP contribution is -2.33. The summed E-state index contributed by atoms with van der Waals surface area (Å²) >= 11 is 0. The second kappa shape index (κ2) is 2.92. The maximum Gasteiger partial charge on any atom is 0.220 e. The highest BCUT2D eigenvalue weighted by Crippen LogP contribution is 2.05. The van der Waals surface area contributed by atoms with Gasteiger partial charge < -0.3 is 14.9 Å². The third-order valence-corrected chi connectivity index (χ3v) is 1.20. The lowest BCUT2D eigenvalue weighted by atomic mass is 10.2. The van der Waals surface area contributed by atoms with Gasteiger partial charge in [-0.05, 0) is 12.2 Å². The Morgan fingerprint density at radius 2 is 2.40 bits per heavy atom. The number of carbonyl (C=O) groups is 1. The lowest BCUT2D eigenvalue weighted by molar-refractivity contribution is -0.164. The molecule has 56 valence electrons. The molecule has 0 fully saturated rings. The Morgan fingerprint density at radius 1 is 1.70 bits per heavy atom. The van der Waals surface area contributed by atoms with E-state index >= 15 is 0 Å². The fourth-order valence-electron chi connectivity index (χ4n) is 0.666. The van der Waals surface area contributed by atoms with E-state index in [9.17, 15) is 4.79 Å². The van der Waals surface area contributed by atoms with Crippen LogP contribution in [0, 0.1) is 0 Å². The molecule has 1 aliphatic rings. The van der Waals surface area contributed by atoms with Crippen molar-refractivity contribution in [1.29, 1.82) is 0 Å². The number of carbonyl (C=O) groups excluding carboxylic acids is 1. The molecule has 1 unspecified atom stereocenters. The van der Waals surface area contributed by atoms with E-state index in [1.165, 1.54) is 12.2 Å². The molecule has 1 heterocycles. The number of ether oxygens (including phenoxy) is 1. The molecule has 0 aromatic heterocycles. The molecule has 0 radical (unpaired) electrons. The lowest BCUT2D eigenvalue weighted by Gasteiger charge is -2.18. The van der Waals surface area contributed by atoms with Crippen molar-refractivity contribution in [2.24, 2.45) is 0 Å². The summed E-state index contributed by atoms with van der Waals surface area (Å²) in [7, 11) is 0. The average molecular weight is 144 g/mol.